The number of carbonyl (C=O) groups excluding carboxylic acids is 1. The van der Waals surface area contributed by atoms with E-state index in [1.165, 1.54) is 32.1 Å². The van der Waals surface area contributed by atoms with E-state index in [1.54, 1.807) is 0 Å². The highest BCUT2D eigenvalue weighted by molar-refractivity contribution is 5.76. The molecule has 0 spiro atoms. The second-order valence-corrected chi connectivity index (χ2v) is 7.35. The number of hydrogen-bond donors (Lipinski definition) is 1. The molecule has 0 aromatic carbocycles. The van der Waals surface area contributed by atoms with Crippen LogP contribution in [0, 0.1) is 11.3 Å². The molecular formula is C16H30N2O. The Morgan fingerprint density at radius 1 is 1.16 bits per heavy atom. The van der Waals surface area contributed by atoms with E-state index >= 15 is 0 Å². The van der Waals surface area contributed by atoms with Crippen molar-refractivity contribution in [3.63, 3.8) is 0 Å². The van der Waals surface area contributed by atoms with Crippen LogP contribution in [0.15, 0.2) is 0 Å². The summed E-state index contributed by atoms with van der Waals surface area (Å²) in [5, 5.41) is 3.43. The fourth-order valence-electron chi connectivity index (χ4n) is 3.04. The maximum Gasteiger partial charge on any atom is 0.223 e. The highest BCUT2D eigenvalue weighted by atomic mass is 16.2. The number of carbonyl (C=O) groups is 1. The second kappa shape index (κ2) is 6.25. The van der Waals surface area contributed by atoms with Crippen LogP contribution < -0.4 is 5.32 Å². The largest absolute Gasteiger partial charge is 0.343 e. The van der Waals surface area contributed by atoms with Gasteiger partial charge in [0.1, 0.15) is 0 Å². The lowest BCUT2D eigenvalue weighted by atomic mass is 9.77. The first-order valence-corrected chi connectivity index (χ1v) is 7.98. The summed E-state index contributed by atoms with van der Waals surface area (Å²) in [6.45, 7) is 9.78. The van der Waals surface area contributed by atoms with E-state index in [0.717, 1.165) is 25.6 Å². The first kappa shape index (κ1) is 14.8. The second-order valence-electron chi connectivity index (χ2n) is 7.35. The topological polar surface area (TPSA) is 32.3 Å². The van der Waals surface area contributed by atoms with Gasteiger partial charge in [0.15, 0.2) is 0 Å². The fourth-order valence-corrected chi connectivity index (χ4v) is 3.04. The normalized spacial score (nSPS) is 25.2. The number of likely N-dealkylation sites (tertiary alicyclic amines) is 1. The molecule has 1 heterocycles. The minimum Gasteiger partial charge on any atom is -0.343 e. The van der Waals surface area contributed by atoms with E-state index in [0.29, 0.717) is 23.8 Å². The van der Waals surface area contributed by atoms with Crippen LogP contribution in [-0.4, -0.2) is 36.5 Å². The molecule has 0 aromatic rings. The number of nitrogens with one attached hydrogen (secondary N) is 1. The minimum atomic E-state index is 0.350. The minimum absolute atomic E-state index is 0.350. The van der Waals surface area contributed by atoms with Gasteiger partial charge in [-0.15, -0.1) is 0 Å². The first-order valence-electron chi connectivity index (χ1n) is 7.98. The fraction of sp³-hybridized carbons (Fsp3) is 0.938. The van der Waals surface area contributed by atoms with Crippen LogP contribution in [0.4, 0.5) is 0 Å². The standard InChI is InChI=1S/C16H30N2O/c1-16(2,3)13-5-4-11-18(12-9-13)15(19)8-10-17-14-6-7-14/h13-14,17H,4-12H2,1-3H3. The van der Waals surface area contributed by atoms with Crippen LogP contribution in [0.1, 0.15) is 59.3 Å². The van der Waals surface area contributed by atoms with E-state index < -0.39 is 0 Å². The molecule has 0 bridgehead atoms. The highest BCUT2D eigenvalue weighted by Crippen LogP contribution is 2.34. The average Bonchev–Trinajstić information content (AvgIpc) is 3.13. The van der Waals surface area contributed by atoms with Crippen molar-refractivity contribution < 1.29 is 4.79 Å². The molecule has 0 radical (unpaired) electrons. The van der Waals surface area contributed by atoms with Crippen LogP contribution in [0.3, 0.4) is 0 Å². The van der Waals surface area contributed by atoms with E-state index in [9.17, 15) is 4.79 Å². The summed E-state index contributed by atoms with van der Waals surface area (Å²) >= 11 is 0. The molecule has 19 heavy (non-hydrogen) atoms. The molecule has 1 atom stereocenters. The molecule has 1 saturated heterocycles. The summed E-state index contributed by atoms with van der Waals surface area (Å²) in [7, 11) is 0. The van der Waals surface area contributed by atoms with Crippen molar-refractivity contribution in [2.45, 2.75) is 65.3 Å². The smallest absolute Gasteiger partial charge is 0.223 e. The van der Waals surface area contributed by atoms with Gasteiger partial charge in [0.05, 0.1) is 0 Å². The number of hydrogen-bond acceptors (Lipinski definition) is 2. The van der Waals surface area contributed by atoms with E-state index in [1.807, 2.05) is 0 Å². The summed E-state index contributed by atoms with van der Waals surface area (Å²) < 4.78 is 0. The van der Waals surface area contributed by atoms with Crippen molar-refractivity contribution in [2.24, 2.45) is 11.3 Å². The van der Waals surface area contributed by atoms with Gasteiger partial charge in [-0.05, 0) is 43.4 Å². The van der Waals surface area contributed by atoms with Crippen molar-refractivity contribution in [2.75, 3.05) is 19.6 Å². The summed E-state index contributed by atoms with van der Waals surface area (Å²) in [5.74, 6) is 1.11. The number of amides is 1. The zero-order chi connectivity index (χ0) is 13.9. The Balaban J connectivity index is 1.72. The SMILES string of the molecule is CC(C)(C)C1CCCN(C(=O)CCNC2CC2)CC1. The number of nitrogens with zero attached hydrogens (tertiary/aromatic N) is 1. The molecule has 2 aliphatic rings. The lowest BCUT2D eigenvalue weighted by molar-refractivity contribution is -0.131. The predicted octanol–water partition coefficient (Wildman–Crippen LogP) is 2.80. The Bertz CT molecular complexity index is 304. The van der Waals surface area contributed by atoms with Crippen LogP contribution in [0.2, 0.25) is 0 Å². The van der Waals surface area contributed by atoms with Gasteiger partial charge in [0.25, 0.3) is 0 Å². The molecule has 1 aliphatic carbocycles. The average molecular weight is 266 g/mol. The highest BCUT2D eigenvalue weighted by Gasteiger charge is 2.28. The predicted molar refractivity (Wildman–Crippen MR) is 79.0 cm³/mol. The van der Waals surface area contributed by atoms with Crippen molar-refractivity contribution in [1.29, 1.82) is 0 Å². The summed E-state index contributed by atoms with van der Waals surface area (Å²) in [6, 6.07) is 0.710. The van der Waals surface area contributed by atoms with Gasteiger partial charge < -0.3 is 10.2 Å². The van der Waals surface area contributed by atoms with Gasteiger partial charge in [-0.25, -0.2) is 0 Å². The number of rotatable bonds is 4. The molecule has 1 unspecified atom stereocenters. The molecule has 1 amide bonds. The molecule has 3 heteroatoms. The first-order chi connectivity index (χ1) is 8.97. The van der Waals surface area contributed by atoms with Gasteiger partial charge >= 0.3 is 0 Å². The van der Waals surface area contributed by atoms with Gasteiger partial charge in [0, 0.05) is 32.1 Å². The van der Waals surface area contributed by atoms with E-state index in [2.05, 4.69) is 31.0 Å². The van der Waals surface area contributed by atoms with Crippen molar-refractivity contribution in [3.8, 4) is 0 Å². The molecule has 1 N–H and O–H groups in total. The summed E-state index contributed by atoms with van der Waals surface area (Å²) in [5.41, 5.74) is 0.382. The van der Waals surface area contributed by atoms with E-state index in [-0.39, 0.29) is 0 Å². The van der Waals surface area contributed by atoms with Gasteiger partial charge in [0.2, 0.25) is 5.91 Å². The Labute approximate surface area is 118 Å². The van der Waals surface area contributed by atoms with Crippen molar-refractivity contribution in [1.82, 2.24) is 10.2 Å². The lowest BCUT2D eigenvalue weighted by Crippen LogP contribution is -2.34. The maximum atomic E-state index is 12.2. The molecule has 1 saturated carbocycles. The van der Waals surface area contributed by atoms with Crippen molar-refractivity contribution in [3.05, 3.63) is 0 Å². The third-order valence-electron chi connectivity index (χ3n) is 4.65. The summed E-state index contributed by atoms with van der Waals surface area (Å²) in [4.78, 5) is 14.3. The molecule has 2 fully saturated rings. The lowest BCUT2D eigenvalue weighted by Gasteiger charge is -2.29. The molecule has 1 aliphatic heterocycles. The maximum absolute atomic E-state index is 12.2. The molecule has 3 nitrogen and oxygen atoms in total. The van der Waals surface area contributed by atoms with Crippen LogP contribution >= 0.6 is 0 Å². The van der Waals surface area contributed by atoms with E-state index in [4.69, 9.17) is 0 Å². The molecular weight excluding hydrogens is 236 g/mol. The third-order valence-corrected chi connectivity index (χ3v) is 4.65. The summed E-state index contributed by atoms with van der Waals surface area (Å²) in [6.07, 6.45) is 6.88. The third kappa shape index (κ3) is 4.79. The van der Waals surface area contributed by atoms with Crippen LogP contribution in [0.5, 0.6) is 0 Å². The molecule has 2 rings (SSSR count). The van der Waals surface area contributed by atoms with Crippen molar-refractivity contribution >= 4 is 5.91 Å². The molecule has 110 valence electrons. The zero-order valence-electron chi connectivity index (χ0n) is 12.9. The van der Waals surface area contributed by atoms with Gasteiger partial charge in [-0.3, -0.25) is 4.79 Å². The Hall–Kier alpha value is -0.570. The quantitative estimate of drug-likeness (QED) is 0.848. The Morgan fingerprint density at radius 2 is 1.89 bits per heavy atom. The van der Waals surface area contributed by atoms with Gasteiger partial charge in [-0.1, -0.05) is 20.8 Å². The molecule has 0 aromatic heterocycles. The van der Waals surface area contributed by atoms with Crippen LogP contribution in [-0.2, 0) is 4.79 Å². The monoisotopic (exact) mass is 266 g/mol. The Kier molecular flexibility index (Phi) is 4.88. The Morgan fingerprint density at radius 3 is 2.53 bits per heavy atom. The van der Waals surface area contributed by atoms with Crippen LogP contribution in [0.25, 0.3) is 0 Å². The zero-order valence-corrected chi connectivity index (χ0v) is 12.9. The van der Waals surface area contributed by atoms with Gasteiger partial charge in [-0.2, -0.15) is 0 Å².